The molecular weight excluding hydrogens is 260 g/mol. The van der Waals surface area contributed by atoms with Crippen LogP contribution in [0, 0.1) is 11.8 Å². The molecule has 1 heterocycles. The van der Waals surface area contributed by atoms with Gasteiger partial charge < -0.3 is 10.2 Å². The van der Waals surface area contributed by atoms with Crippen molar-refractivity contribution in [3.8, 4) is 0 Å². The van der Waals surface area contributed by atoms with Crippen molar-refractivity contribution >= 4 is 5.91 Å². The molecule has 1 aromatic rings. The first kappa shape index (κ1) is 14.6. The molecule has 1 N–H and O–H groups in total. The summed E-state index contributed by atoms with van der Waals surface area (Å²) in [6.07, 6.45) is 5.47. The number of benzene rings is 1. The second-order valence-electron chi connectivity index (χ2n) is 6.53. The molecule has 3 nitrogen and oxygen atoms in total. The number of carbonyl (C=O) groups is 1. The quantitative estimate of drug-likeness (QED) is 0.921. The van der Waals surface area contributed by atoms with Crippen LogP contribution in [0.15, 0.2) is 24.3 Å². The van der Waals surface area contributed by atoms with Gasteiger partial charge in [0.2, 0.25) is 5.91 Å². The van der Waals surface area contributed by atoms with Crippen molar-refractivity contribution in [1.29, 1.82) is 0 Å². The third kappa shape index (κ3) is 3.29. The lowest BCUT2D eigenvalue weighted by Crippen LogP contribution is -2.42. The first-order valence-electron chi connectivity index (χ1n) is 8.28. The van der Waals surface area contributed by atoms with Crippen molar-refractivity contribution in [1.82, 2.24) is 10.2 Å². The zero-order valence-electron chi connectivity index (χ0n) is 13.0. The van der Waals surface area contributed by atoms with Crippen LogP contribution in [-0.2, 0) is 17.6 Å². The smallest absolute Gasteiger partial charge is 0.226 e. The molecule has 1 aliphatic carbocycles. The number of nitrogens with zero attached hydrogens (tertiary/aromatic N) is 1. The van der Waals surface area contributed by atoms with Crippen LogP contribution in [0.1, 0.15) is 30.4 Å². The number of nitrogens with one attached hydrogen (secondary N) is 1. The van der Waals surface area contributed by atoms with E-state index >= 15 is 0 Å². The van der Waals surface area contributed by atoms with Gasteiger partial charge in [0.05, 0.1) is 0 Å². The van der Waals surface area contributed by atoms with Gasteiger partial charge in [-0.15, -0.1) is 0 Å². The summed E-state index contributed by atoms with van der Waals surface area (Å²) in [6, 6.07) is 8.51. The van der Waals surface area contributed by atoms with Crippen LogP contribution in [0.2, 0.25) is 0 Å². The second kappa shape index (κ2) is 6.61. The first-order valence-corrected chi connectivity index (χ1v) is 8.28. The molecule has 1 fully saturated rings. The van der Waals surface area contributed by atoms with Gasteiger partial charge in [-0.1, -0.05) is 24.3 Å². The van der Waals surface area contributed by atoms with Gasteiger partial charge in [0.1, 0.15) is 0 Å². The molecule has 0 spiro atoms. The van der Waals surface area contributed by atoms with Crippen LogP contribution in [-0.4, -0.2) is 37.5 Å². The predicted molar refractivity (Wildman–Crippen MR) is 85.2 cm³/mol. The number of fused-ring (bicyclic) bond motifs is 1. The Hall–Kier alpha value is -1.35. The number of carbonyl (C=O) groups excluding carboxylic acids is 1. The molecule has 1 amide bonds. The molecule has 2 aliphatic rings. The van der Waals surface area contributed by atoms with Crippen molar-refractivity contribution in [3.63, 3.8) is 0 Å². The van der Waals surface area contributed by atoms with E-state index < -0.39 is 0 Å². The normalized spacial score (nSPS) is 19.8. The maximum Gasteiger partial charge on any atom is 0.226 e. The summed E-state index contributed by atoms with van der Waals surface area (Å²) in [5, 5.41) is 3.22. The van der Waals surface area contributed by atoms with Crippen LogP contribution in [0.5, 0.6) is 0 Å². The molecular formula is C18H26N2O. The molecule has 0 unspecified atom stereocenters. The van der Waals surface area contributed by atoms with E-state index in [4.69, 9.17) is 0 Å². The Morgan fingerprint density at radius 1 is 1.19 bits per heavy atom. The van der Waals surface area contributed by atoms with Gasteiger partial charge in [-0.2, -0.15) is 0 Å². The molecule has 3 heteroatoms. The van der Waals surface area contributed by atoms with E-state index in [0.717, 1.165) is 38.4 Å². The van der Waals surface area contributed by atoms with Crippen LogP contribution < -0.4 is 5.32 Å². The summed E-state index contributed by atoms with van der Waals surface area (Å²) in [5.74, 6) is 1.37. The van der Waals surface area contributed by atoms with Gasteiger partial charge >= 0.3 is 0 Å². The minimum absolute atomic E-state index is 0.191. The Morgan fingerprint density at radius 2 is 1.81 bits per heavy atom. The lowest BCUT2D eigenvalue weighted by atomic mass is 9.92. The van der Waals surface area contributed by atoms with Crippen molar-refractivity contribution in [2.24, 2.45) is 11.8 Å². The Bertz CT molecular complexity index is 467. The van der Waals surface area contributed by atoms with Crippen molar-refractivity contribution < 1.29 is 4.79 Å². The summed E-state index contributed by atoms with van der Waals surface area (Å²) in [6.45, 7) is 3.01. The van der Waals surface area contributed by atoms with Gasteiger partial charge in [-0.3, -0.25) is 4.79 Å². The summed E-state index contributed by atoms with van der Waals surface area (Å²) < 4.78 is 0. The molecule has 1 saturated heterocycles. The Morgan fingerprint density at radius 3 is 2.38 bits per heavy atom. The van der Waals surface area contributed by atoms with Crippen LogP contribution >= 0.6 is 0 Å². The third-order valence-electron chi connectivity index (χ3n) is 5.13. The summed E-state index contributed by atoms with van der Waals surface area (Å²) in [5.41, 5.74) is 2.75. The fourth-order valence-corrected chi connectivity index (χ4v) is 3.78. The standard InChI is InChI=1S/C18H26N2O/c1-19-9-6-14-7-10-20(11-8-14)18(21)17-12-15-4-2-3-5-16(15)13-17/h2-5,14,17,19H,6-13H2,1H3. The van der Waals surface area contributed by atoms with Crippen LogP contribution in [0.25, 0.3) is 0 Å². The number of likely N-dealkylation sites (tertiary alicyclic amines) is 1. The largest absolute Gasteiger partial charge is 0.342 e. The van der Waals surface area contributed by atoms with E-state index in [0.29, 0.717) is 5.91 Å². The fourth-order valence-electron chi connectivity index (χ4n) is 3.78. The summed E-state index contributed by atoms with van der Waals surface area (Å²) >= 11 is 0. The van der Waals surface area contributed by atoms with Gasteiger partial charge in [0, 0.05) is 19.0 Å². The Balaban J connectivity index is 1.52. The van der Waals surface area contributed by atoms with Gasteiger partial charge in [-0.25, -0.2) is 0 Å². The van der Waals surface area contributed by atoms with E-state index in [9.17, 15) is 4.79 Å². The molecule has 0 atom stereocenters. The molecule has 0 radical (unpaired) electrons. The van der Waals surface area contributed by atoms with Crippen molar-refractivity contribution in [2.75, 3.05) is 26.7 Å². The average Bonchev–Trinajstić information content (AvgIpc) is 2.96. The van der Waals surface area contributed by atoms with Gasteiger partial charge in [0.15, 0.2) is 0 Å². The summed E-state index contributed by atoms with van der Waals surface area (Å²) in [7, 11) is 2.01. The number of piperidine rings is 1. The Labute approximate surface area is 127 Å². The number of amides is 1. The third-order valence-corrected chi connectivity index (χ3v) is 5.13. The molecule has 3 rings (SSSR count). The highest BCUT2D eigenvalue weighted by Gasteiger charge is 2.32. The van der Waals surface area contributed by atoms with E-state index in [1.807, 2.05) is 7.05 Å². The minimum atomic E-state index is 0.191. The lowest BCUT2D eigenvalue weighted by molar-refractivity contribution is -0.136. The molecule has 1 aromatic carbocycles. The zero-order valence-corrected chi connectivity index (χ0v) is 13.0. The van der Waals surface area contributed by atoms with E-state index in [1.165, 1.54) is 30.4 Å². The number of hydrogen-bond acceptors (Lipinski definition) is 2. The maximum absolute atomic E-state index is 12.7. The van der Waals surface area contributed by atoms with E-state index in [1.54, 1.807) is 0 Å². The molecule has 1 aliphatic heterocycles. The van der Waals surface area contributed by atoms with Crippen LogP contribution in [0.4, 0.5) is 0 Å². The molecule has 21 heavy (non-hydrogen) atoms. The number of rotatable bonds is 4. The SMILES string of the molecule is CNCCC1CCN(C(=O)C2Cc3ccccc3C2)CC1. The lowest BCUT2D eigenvalue weighted by Gasteiger charge is -2.33. The highest BCUT2D eigenvalue weighted by molar-refractivity contribution is 5.80. The second-order valence-corrected chi connectivity index (χ2v) is 6.53. The van der Waals surface area contributed by atoms with Crippen molar-refractivity contribution in [2.45, 2.75) is 32.1 Å². The highest BCUT2D eigenvalue weighted by Crippen LogP contribution is 2.29. The fraction of sp³-hybridized carbons (Fsp3) is 0.611. The average molecular weight is 286 g/mol. The molecule has 0 bridgehead atoms. The minimum Gasteiger partial charge on any atom is -0.342 e. The monoisotopic (exact) mass is 286 g/mol. The molecule has 0 saturated carbocycles. The van der Waals surface area contributed by atoms with Gasteiger partial charge in [0.25, 0.3) is 0 Å². The van der Waals surface area contributed by atoms with Gasteiger partial charge in [-0.05, 0) is 62.7 Å². The first-order chi connectivity index (χ1) is 10.3. The van der Waals surface area contributed by atoms with Crippen molar-refractivity contribution in [3.05, 3.63) is 35.4 Å². The molecule has 114 valence electrons. The predicted octanol–water partition coefficient (Wildman–Crippen LogP) is 2.25. The Kier molecular flexibility index (Phi) is 4.59. The zero-order chi connectivity index (χ0) is 14.7. The summed E-state index contributed by atoms with van der Waals surface area (Å²) in [4.78, 5) is 14.8. The molecule has 0 aromatic heterocycles. The van der Waals surface area contributed by atoms with E-state index in [-0.39, 0.29) is 5.92 Å². The topological polar surface area (TPSA) is 32.3 Å². The maximum atomic E-state index is 12.7. The van der Waals surface area contributed by atoms with E-state index in [2.05, 4.69) is 34.5 Å². The number of hydrogen-bond donors (Lipinski definition) is 1. The highest BCUT2D eigenvalue weighted by atomic mass is 16.2. The van der Waals surface area contributed by atoms with Crippen LogP contribution in [0.3, 0.4) is 0 Å².